The Bertz CT molecular complexity index is 262. The monoisotopic (exact) mass is 195 g/mol. The van der Waals surface area contributed by atoms with Crippen LogP contribution in [0.3, 0.4) is 0 Å². The van der Waals surface area contributed by atoms with E-state index in [1.54, 1.807) is 0 Å². The van der Waals surface area contributed by atoms with Gasteiger partial charge in [-0.05, 0) is 31.7 Å². The van der Waals surface area contributed by atoms with Crippen LogP contribution in [-0.2, 0) is 9.53 Å². The zero-order valence-electron chi connectivity index (χ0n) is 8.58. The largest absolute Gasteiger partial charge is 0.468 e. The molecule has 3 heteroatoms. The summed E-state index contributed by atoms with van der Waals surface area (Å²) in [4.78, 5) is 11.8. The van der Waals surface area contributed by atoms with Crippen molar-refractivity contribution in [3.63, 3.8) is 0 Å². The summed E-state index contributed by atoms with van der Waals surface area (Å²) in [6, 6.07) is 0. The molecule has 1 fully saturated rings. The highest BCUT2D eigenvalue weighted by atomic mass is 16.5. The van der Waals surface area contributed by atoms with E-state index in [9.17, 15) is 4.79 Å². The molecule has 2 rings (SSSR count). The number of carbonyl (C=O) groups is 1. The molecule has 78 valence electrons. The number of nitrogens with one attached hydrogen (secondary N) is 1. The Labute approximate surface area is 84.5 Å². The molecule has 0 aromatic heterocycles. The van der Waals surface area contributed by atoms with Gasteiger partial charge >= 0.3 is 5.97 Å². The number of ether oxygens (including phenoxy) is 1. The molecular formula is C11H17NO2. The Hall–Kier alpha value is -0.830. The second kappa shape index (κ2) is 3.73. The van der Waals surface area contributed by atoms with Gasteiger partial charge in [0.15, 0.2) is 0 Å². The molecule has 1 N–H and O–H groups in total. The fourth-order valence-electron chi connectivity index (χ4n) is 2.66. The summed E-state index contributed by atoms with van der Waals surface area (Å²) in [5.74, 6) is 0.395. The summed E-state index contributed by atoms with van der Waals surface area (Å²) in [5, 5.41) is 3.29. The predicted octanol–water partition coefficient (Wildman–Crippen LogP) is 1.11. The van der Waals surface area contributed by atoms with Crippen molar-refractivity contribution in [1.82, 2.24) is 5.32 Å². The smallest absolute Gasteiger partial charge is 0.317 e. The highest BCUT2D eigenvalue weighted by Crippen LogP contribution is 2.41. The van der Waals surface area contributed by atoms with Gasteiger partial charge in [0, 0.05) is 6.54 Å². The molecule has 0 bridgehead atoms. The number of allylic oxidation sites excluding steroid dienone is 1. The highest BCUT2D eigenvalue weighted by Gasteiger charge is 2.46. The third-order valence-electron chi connectivity index (χ3n) is 3.48. The Morgan fingerprint density at radius 3 is 3.21 bits per heavy atom. The van der Waals surface area contributed by atoms with Crippen molar-refractivity contribution in [2.75, 3.05) is 20.2 Å². The summed E-state index contributed by atoms with van der Waals surface area (Å²) in [5.41, 5.74) is -0.370. The van der Waals surface area contributed by atoms with Crippen LogP contribution in [-0.4, -0.2) is 26.2 Å². The summed E-state index contributed by atoms with van der Waals surface area (Å²) in [6.07, 6.45) is 7.47. The maximum atomic E-state index is 11.8. The lowest BCUT2D eigenvalue weighted by Crippen LogP contribution is -2.51. The lowest BCUT2D eigenvalue weighted by molar-refractivity contribution is -0.154. The number of fused-ring (bicyclic) bond motifs is 1. The van der Waals surface area contributed by atoms with Crippen molar-refractivity contribution in [1.29, 1.82) is 0 Å². The van der Waals surface area contributed by atoms with Crippen LogP contribution in [0.1, 0.15) is 19.3 Å². The molecule has 0 aromatic carbocycles. The first-order chi connectivity index (χ1) is 6.79. The maximum absolute atomic E-state index is 11.8. The quantitative estimate of drug-likeness (QED) is 0.503. The molecule has 2 atom stereocenters. The van der Waals surface area contributed by atoms with E-state index in [0.717, 1.165) is 32.4 Å². The van der Waals surface area contributed by atoms with Gasteiger partial charge in [-0.1, -0.05) is 12.2 Å². The summed E-state index contributed by atoms with van der Waals surface area (Å²) < 4.78 is 4.92. The molecule has 3 nitrogen and oxygen atoms in total. The molecule has 0 aromatic rings. The third kappa shape index (κ3) is 1.36. The van der Waals surface area contributed by atoms with Crippen LogP contribution in [0.15, 0.2) is 12.2 Å². The van der Waals surface area contributed by atoms with Crippen LogP contribution in [0.4, 0.5) is 0 Å². The van der Waals surface area contributed by atoms with Crippen molar-refractivity contribution in [3.05, 3.63) is 12.2 Å². The lowest BCUT2D eigenvalue weighted by Gasteiger charge is -2.42. The van der Waals surface area contributed by atoms with Gasteiger partial charge in [-0.25, -0.2) is 0 Å². The normalized spacial score (nSPS) is 36.2. The maximum Gasteiger partial charge on any atom is 0.317 e. The molecule has 0 saturated carbocycles. The van der Waals surface area contributed by atoms with Gasteiger partial charge in [-0.3, -0.25) is 4.79 Å². The molecular weight excluding hydrogens is 178 g/mol. The molecule has 2 unspecified atom stereocenters. The van der Waals surface area contributed by atoms with E-state index in [-0.39, 0.29) is 11.4 Å². The molecule has 0 amide bonds. The number of esters is 1. The van der Waals surface area contributed by atoms with Crippen LogP contribution in [0.25, 0.3) is 0 Å². The number of rotatable bonds is 1. The zero-order valence-corrected chi connectivity index (χ0v) is 8.58. The third-order valence-corrected chi connectivity index (χ3v) is 3.48. The average Bonchev–Trinajstić information content (AvgIpc) is 2.28. The minimum atomic E-state index is -0.370. The number of hydrogen-bond donors (Lipinski definition) is 1. The molecule has 2 aliphatic rings. The number of carbonyl (C=O) groups excluding carboxylic acids is 1. The van der Waals surface area contributed by atoms with Gasteiger partial charge in [0.25, 0.3) is 0 Å². The first-order valence-electron chi connectivity index (χ1n) is 5.26. The summed E-state index contributed by atoms with van der Waals surface area (Å²) >= 11 is 0. The molecule has 0 spiro atoms. The SMILES string of the molecule is COC(=O)C12C=CCCC1CCNC2. The Morgan fingerprint density at radius 2 is 2.43 bits per heavy atom. The van der Waals surface area contributed by atoms with Crippen LogP contribution < -0.4 is 5.32 Å². The van der Waals surface area contributed by atoms with Crippen molar-refractivity contribution in [3.8, 4) is 0 Å². The first-order valence-corrected chi connectivity index (χ1v) is 5.26. The van der Waals surface area contributed by atoms with Crippen molar-refractivity contribution >= 4 is 5.97 Å². The summed E-state index contributed by atoms with van der Waals surface area (Å²) in [6.45, 7) is 1.76. The average molecular weight is 195 g/mol. The number of piperidine rings is 1. The van der Waals surface area contributed by atoms with Gasteiger partial charge in [-0.15, -0.1) is 0 Å². The van der Waals surface area contributed by atoms with Gasteiger partial charge in [-0.2, -0.15) is 0 Å². The van der Waals surface area contributed by atoms with Crippen molar-refractivity contribution < 1.29 is 9.53 Å². The molecule has 1 heterocycles. The van der Waals surface area contributed by atoms with Gasteiger partial charge in [0.2, 0.25) is 0 Å². The molecule has 14 heavy (non-hydrogen) atoms. The second-order valence-corrected chi connectivity index (χ2v) is 4.17. The minimum Gasteiger partial charge on any atom is -0.468 e. The second-order valence-electron chi connectivity index (χ2n) is 4.17. The zero-order chi connectivity index (χ0) is 10.0. The van der Waals surface area contributed by atoms with Crippen molar-refractivity contribution in [2.24, 2.45) is 11.3 Å². The number of methoxy groups -OCH3 is 1. The van der Waals surface area contributed by atoms with Crippen LogP contribution >= 0.6 is 0 Å². The van der Waals surface area contributed by atoms with E-state index in [2.05, 4.69) is 17.5 Å². The minimum absolute atomic E-state index is 0.0781. The Kier molecular flexibility index (Phi) is 2.59. The van der Waals surface area contributed by atoms with Gasteiger partial charge in [0.05, 0.1) is 7.11 Å². The van der Waals surface area contributed by atoms with Crippen LogP contribution in [0, 0.1) is 11.3 Å². The fourth-order valence-corrected chi connectivity index (χ4v) is 2.66. The Morgan fingerprint density at radius 1 is 1.57 bits per heavy atom. The van der Waals surface area contributed by atoms with Gasteiger partial charge < -0.3 is 10.1 Å². The fraction of sp³-hybridized carbons (Fsp3) is 0.727. The molecule has 1 aliphatic carbocycles. The van der Waals surface area contributed by atoms with E-state index in [0.29, 0.717) is 5.92 Å². The van der Waals surface area contributed by atoms with E-state index < -0.39 is 0 Å². The molecule has 1 aliphatic heterocycles. The van der Waals surface area contributed by atoms with Crippen molar-refractivity contribution in [2.45, 2.75) is 19.3 Å². The topological polar surface area (TPSA) is 38.3 Å². The summed E-state index contributed by atoms with van der Waals surface area (Å²) in [7, 11) is 1.48. The lowest BCUT2D eigenvalue weighted by atomic mass is 9.67. The van der Waals surface area contributed by atoms with Crippen LogP contribution in [0.5, 0.6) is 0 Å². The van der Waals surface area contributed by atoms with E-state index >= 15 is 0 Å². The predicted molar refractivity (Wildman–Crippen MR) is 53.8 cm³/mol. The standard InChI is InChI=1S/C11H17NO2/c1-14-10(13)11-6-3-2-4-9(11)5-7-12-8-11/h3,6,9,12H,2,4-5,7-8H2,1H3. The molecule has 0 radical (unpaired) electrons. The van der Waals surface area contributed by atoms with E-state index in [1.165, 1.54) is 7.11 Å². The number of hydrogen-bond acceptors (Lipinski definition) is 3. The highest BCUT2D eigenvalue weighted by molar-refractivity contribution is 5.80. The van der Waals surface area contributed by atoms with Crippen LogP contribution in [0.2, 0.25) is 0 Å². The van der Waals surface area contributed by atoms with E-state index in [4.69, 9.17) is 4.74 Å². The Balaban J connectivity index is 2.28. The van der Waals surface area contributed by atoms with E-state index in [1.807, 2.05) is 0 Å². The van der Waals surface area contributed by atoms with Gasteiger partial charge in [0.1, 0.15) is 5.41 Å². The first kappa shape index (κ1) is 9.71. The molecule has 1 saturated heterocycles.